The Morgan fingerprint density at radius 3 is 2.47 bits per heavy atom. The van der Waals surface area contributed by atoms with E-state index in [1.807, 2.05) is 0 Å². The standard InChI is InChI=1S/C13H16F2N2/c1-13(2,3)5-4-12-16-10-6-8(14)9(15)7-11(10)17-12/h6-7H,4-5H2,1-3H3,(H,16,17). The van der Waals surface area contributed by atoms with E-state index in [-0.39, 0.29) is 5.41 Å². The lowest BCUT2D eigenvalue weighted by Gasteiger charge is -2.16. The molecule has 1 N–H and O–H groups in total. The smallest absolute Gasteiger partial charge is 0.161 e. The quantitative estimate of drug-likeness (QED) is 0.846. The van der Waals surface area contributed by atoms with Crippen LogP contribution in [0.15, 0.2) is 12.1 Å². The van der Waals surface area contributed by atoms with Gasteiger partial charge in [0.05, 0.1) is 11.0 Å². The molecular weight excluding hydrogens is 222 g/mol. The van der Waals surface area contributed by atoms with E-state index in [4.69, 9.17) is 0 Å². The first-order valence-corrected chi connectivity index (χ1v) is 5.69. The monoisotopic (exact) mass is 238 g/mol. The highest BCUT2D eigenvalue weighted by Gasteiger charge is 2.13. The van der Waals surface area contributed by atoms with Gasteiger partial charge in [-0.25, -0.2) is 13.8 Å². The van der Waals surface area contributed by atoms with Gasteiger partial charge in [-0.15, -0.1) is 0 Å². The third-order valence-corrected chi connectivity index (χ3v) is 2.68. The van der Waals surface area contributed by atoms with Gasteiger partial charge in [-0.05, 0) is 11.8 Å². The number of aryl methyl sites for hydroxylation is 1. The van der Waals surface area contributed by atoms with E-state index in [9.17, 15) is 8.78 Å². The summed E-state index contributed by atoms with van der Waals surface area (Å²) in [7, 11) is 0. The van der Waals surface area contributed by atoms with Gasteiger partial charge in [0.25, 0.3) is 0 Å². The molecule has 0 aliphatic heterocycles. The lowest BCUT2D eigenvalue weighted by atomic mass is 9.90. The van der Waals surface area contributed by atoms with Crippen LogP contribution >= 0.6 is 0 Å². The molecule has 0 aliphatic carbocycles. The molecule has 2 aromatic rings. The van der Waals surface area contributed by atoms with Crippen LogP contribution in [0, 0.1) is 17.0 Å². The molecule has 0 unspecified atom stereocenters. The average Bonchev–Trinajstić information content (AvgIpc) is 2.57. The molecule has 0 saturated carbocycles. The number of hydrogen-bond acceptors (Lipinski definition) is 1. The Hall–Kier alpha value is -1.45. The van der Waals surface area contributed by atoms with Crippen molar-refractivity contribution in [1.82, 2.24) is 9.97 Å². The van der Waals surface area contributed by atoms with Crippen LogP contribution in [0.25, 0.3) is 11.0 Å². The van der Waals surface area contributed by atoms with Gasteiger partial charge in [-0.3, -0.25) is 0 Å². The Bertz CT molecular complexity index is 499. The van der Waals surface area contributed by atoms with Crippen LogP contribution in [0.1, 0.15) is 33.0 Å². The van der Waals surface area contributed by atoms with Crippen LogP contribution in [-0.4, -0.2) is 9.97 Å². The Morgan fingerprint density at radius 1 is 1.18 bits per heavy atom. The maximum atomic E-state index is 13.0. The summed E-state index contributed by atoms with van der Waals surface area (Å²) >= 11 is 0. The highest BCUT2D eigenvalue weighted by Crippen LogP contribution is 2.22. The molecule has 2 nitrogen and oxygen atoms in total. The summed E-state index contributed by atoms with van der Waals surface area (Å²) in [5, 5.41) is 0. The number of imidazole rings is 1. The number of aromatic amines is 1. The van der Waals surface area contributed by atoms with E-state index < -0.39 is 11.6 Å². The third kappa shape index (κ3) is 2.81. The van der Waals surface area contributed by atoms with E-state index in [2.05, 4.69) is 30.7 Å². The molecule has 0 fully saturated rings. The molecular formula is C13H16F2N2. The maximum Gasteiger partial charge on any atom is 0.161 e. The second-order valence-electron chi connectivity index (χ2n) is 5.53. The topological polar surface area (TPSA) is 28.7 Å². The zero-order chi connectivity index (χ0) is 12.6. The fraction of sp³-hybridized carbons (Fsp3) is 0.462. The molecule has 0 spiro atoms. The van der Waals surface area contributed by atoms with Crippen molar-refractivity contribution in [3.8, 4) is 0 Å². The molecule has 2 rings (SSSR count). The largest absolute Gasteiger partial charge is 0.342 e. The molecule has 1 aromatic carbocycles. The molecule has 0 amide bonds. The van der Waals surface area contributed by atoms with Crippen LogP contribution in [-0.2, 0) is 6.42 Å². The van der Waals surface area contributed by atoms with Crippen molar-refractivity contribution in [3.05, 3.63) is 29.6 Å². The Labute approximate surface area is 99.1 Å². The first kappa shape index (κ1) is 12.0. The molecule has 17 heavy (non-hydrogen) atoms. The van der Waals surface area contributed by atoms with Gasteiger partial charge in [-0.2, -0.15) is 0 Å². The third-order valence-electron chi connectivity index (χ3n) is 2.68. The molecule has 0 saturated heterocycles. The van der Waals surface area contributed by atoms with E-state index in [0.29, 0.717) is 11.0 Å². The summed E-state index contributed by atoms with van der Waals surface area (Å²) in [5.41, 5.74) is 1.25. The van der Waals surface area contributed by atoms with Gasteiger partial charge in [0.15, 0.2) is 11.6 Å². The van der Waals surface area contributed by atoms with E-state index in [1.165, 1.54) is 0 Å². The maximum absolute atomic E-state index is 13.0. The van der Waals surface area contributed by atoms with Crippen LogP contribution in [0.4, 0.5) is 8.78 Å². The molecule has 1 aromatic heterocycles. The number of halogens is 2. The number of nitrogens with zero attached hydrogens (tertiary/aromatic N) is 1. The number of benzene rings is 1. The Balaban J connectivity index is 2.26. The first-order valence-electron chi connectivity index (χ1n) is 5.69. The van der Waals surface area contributed by atoms with Crippen molar-refractivity contribution in [2.45, 2.75) is 33.6 Å². The van der Waals surface area contributed by atoms with Crippen molar-refractivity contribution >= 4 is 11.0 Å². The van der Waals surface area contributed by atoms with Gasteiger partial charge in [-0.1, -0.05) is 20.8 Å². The minimum Gasteiger partial charge on any atom is -0.342 e. The Kier molecular flexibility index (Phi) is 2.89. The lowest BCUT2D eigenvalue weighted by Crippen LogP contribution is -2.06. The molecule has 92 valence electrons. The summed E-state index contributed by atoms with van der Waals surface area (Å²) in [4.78, 5) is 7.27. The summed E-state index contributed by atoms with van der Waals surface area (Å²) in [6.45, 7) is 6.44. The summed E-state index contributed by atoms with van der Waals surface area (Å²) in [6.07, 6.45) is 1.75. The SMILES string of the molecule is CC(C)(C)CCc1nc2cc(F)c(F)cc2[nH]1. The van der Waals surface area contributed by atoms with Crippen LogP contribution in [0.3, 0.4) is 0 Å². The number of rotatable bonds is 2. The molecule has 0 radical (unpaired) electrons. The van der Waals surface area contributed by atoms with E-state index in [1.54, 1.807) is 0 Å². The molecule has 0 bridgehead atoms. The number of nitrogens with one attached hydrogen (secondary N) is 1. The van der Waals surface area contributed by atoms with Crippen molar-refractivity contribution in [1.29, 1.82) is 0 Å². The van der Waals surface area contributed by atoms with Gasteiger partial charge in [0.2, 0.25) is 0 Å². The van der Waals surface area contributed by atoms with E-state index in [0.717, 1.165) is 30.8 Å². The summed E-state index contributed by atoms with van der Waals surface area (Å²) in [6, 6.07) is 2.28. The minimum absolute atomic E-state index is 0.218. The van der Waals surface area contributed by atoms with E-state index >= 15 is 0 Å². The molecule has 4 heteroatoms. The van der Waals surface area contributed by atoms with Crippen molar-refractivity contribution < 1.29 is 8.78 Å². The van der Waals surface area contributed by atoms with Crippen LogP contribution < -0.4 is 0 Å². The average molecular weight is 238 g/mol. The van der Waals surface area contributed by atoms with Crippen molar-refractivity contribution in [3.63, 3.8) is 0 Å². The van der Waals surface area contributed by atoms with Crippen LogP contribution in [0.2, 0.25) is 0 Å². The van der Waals surface area contributed by atoms with Gasteiger partial charge < -0.3 is 4.98 Å². The zero-order valence-corrected chi connectivity index (χ0v) is 10.3. The highest BCUT2D eigenvalue weighted by molar-refractivity contribution is 5.75. The molecule has 0 atom stereocenters. The molecule has 1 heterocycles. The predicted octanol–water partition coefficient (Wildman–Crippen LogP) is 3.82. The summed E-state index contributed by atoms with van der Waals surface area (Å²) in [5.74, 6) is -0.921. The van der Waals surface area contributed by atoms with Gasteiger partial charge in [0.1, 0.15) is 5.82 Å². The summed E-state index contributed by atoms with van der Waals surface area (Å²) < 4.78 is 26.0. The zero-order valence-electron chi connectivity index (χ0n) is 10.3. The second kappa shape index (κ2) is 4.09. The van der Waals surface area contributed by atoms with Crippen LogP contribution in [0.5, 0.6) is 0 Å². The molecule has 0 aliphatic rings. The van der Waals surface area contributed by atoms with Gasteiger partial charge in [0, 0.05) is 18.6 Å². The Morgan fingerprint density at radius 2 is 1.82 bits per heavy atom. The normalized spacial score (nSPS) is 12.3. The lowest BCUT2D eigenvalue weighted by molar-refractivity contribution is 0.375. The first-order chi connectivity index (χ1) is 7.85. The van der Waals surface area contributed by atoms with Crippen molar-refractivity contribution in [2.75, 3.05) is 0 Å². The number of H-pyrrole nitrogens is 1. The van der Waals surface area contributed by atoms with Gasteiger partial charge >= 0.3 is 0 Å². The second-order valence-corrected chi connectivity index (χ2v) is 5.53. The number of aromatic nitrogens is 2. The van der Waals surface area contributed by atoms with Crippen molar-refractivity contribution in [2.24, 2.45) is 5.41 Å². The number of fused-ring (bicyclic) bond motifs is 1. The fourth-order valence-corrected chi connectivity index (χ4v) is 1.67. The number of hydrogen-bond donors (Lipinski definition) is 1. The minimum atomic E-state index is -0.855. The predicted molar refractivity (Wildman–Crippen MR) is 63.8 cm³/mol. The fourth-order valence-electron chi connectivity index (χ4n) is 1.67. The highest BCUT2D eigenvalue weighted by atomic mass is 19.2.